The zero-order valence-electron chi connectivity index (χ0n) is 9.72. The van der Waals surface area contributed by atoms with Gasteiger partial charge in [-0.1, -0.05) is 6.92 Å². The van der Waals surface area contributed by atoms with Crippen molar-refractivity contribution >= 4 is 5.78 Å². The summed E-state index contributed by atoms with van der Waals surface area (Å²) in [6.07, 6.45) is -9.18. The third-order valence-electron chi connectivity index (χ3n) is 2.29. The smallest absolute Gasteiger partial charge is 0.293 e. The second-order valence-corrected chi connectivity index (χ2v) is 3.87. The fourth-order valence-electron chi connectivity index (χ4n) is 1.49. The molecule has 0 aliphatic heterocycles. The van der Waals surface area contributed by atoms with E-state index in [0.29, 0.717) is 19.2 Å². The molecule has 108 valence electrons. The predicted molar refractivity (Wildman–Crippen MR) is 52.4 cm³/mol. The Morgan fingerprint density at radius 3 is 2.21 bits per heavy atom. The quantitative estimate of drug-likeness (QED) is 0.630. The Kier molecular flexibility index (Phi) is 4.26. The molecule has 0 aliphatic rings. The fraction of sp³-hybridized carbons (Fsp3) is 0.600. The van der Waals surface area contributed by atoms with Crippen LogP contribution in [0.2, 0.25) is 0 Å². The number of Topliss-reactive ketones (excluding diaryl/α,β-unsaturated/α-hetero) is 1. The summed E-state index contributed by atoms with van der Waals surface area (Å²) in [4.78, 5) is 11.4. The van der Waals surface area contributed by atoms with E-state index < -0.39 is 29.6 Å². The van der Waals surface area contributed by atoms with Gasteiger partial charge in [-0.15, -0.1) is 0 Å². The molecule has 0 saturated heterocycles. The third kappa shape index (κ3) is 3.71. The highest BCUT2D eigenvalue weighted by Crippen LogP contribution is 2.41. The molecule has 0 unspecified atom stereocenters. The maximum atomic E-state index is 12.3. The van der Waals surface area contributed by atoms with Crippen LogP contribution in [0.1, 0.15) is 23.7 Å². The van der Waals surface area contributed by atoms with Gasteiger partial charge in [-0.25, -0.2) is 0 Å². The first-order valence-electron chi connectivity index (χ1n) is 5.27. The summed E-state index contributed by atoms with van der Waals surface area (Å²) in [5.74, 6) is -6.05. The molecule has 9 heteroatoms. The highest BCUT2D eigenvalue weighted by molar-refractivity contribution is 5.98. The maximum absolute atomic E-state index is 12.3. The van der Waals surface area contributed by atoms with Crippen molar-refractivity contribution in [2.24, 2.45) is 5.92 Å². The van der Waals surface area contributed by atoms with Gasteiger partial charge >= 0.3 is 12.4 Å². The van der Waals surface area contributed by atoms with Gasteiger partial charge in [0.25, 0.3) is 0 Å². The van der Waals surface area contributed by atoms with Gasteiger partial charge in [0.1, 0.15) is 0 Å². The van der Waals surface area contributed by atoms with E-state index in [2.05, 4.69) is 5.10 Å². The lowest BCUT2D eigenvalue weighted by atomic mass is 9.99. The second kappa shape index (κ2) is 5.22. The van der Waals surface area contributed by atoms with Gasteiger partial charge in [0.05, 0.1) is 11.8 Å². The SMILES string of the molecule is CCCn1cc(C(=O)C(C(F)(F)F)C(F)(F)F)cn1. The van der Waals surface area contributed by atoms with Crippen molar-refractivity contribution in [2.45, 2.75) is 32.2 Å². The molecular formula is C10H10F6N2O. The summed E-state index contributed by atoms with van der Waals surface area (Å²) in [7, 11) is 0. The van der Waals surface area contributed by atoms with Gasteiger partial charge in [0.2, 0.25) is 5.92 Å². The first-order chi connectivity index (χ1) is 8.57. The number of halogens is 6. The monoisotopic (exact) mass is 288 g/mol. The second-order valence-electron chi connectivity index (χ2n) is 3.87. The number of hydrogen-bond donors (Lipinski definition) is 0. The van der Waals surface area contributed by atoms with E-state index in [4.69, 9.17) is 0 Å². The van der Waals surface area contributed by atoms with Crippen LogP contribution in [0, 0.1) is 5.92 Å². The topological polar surface area (TPSA) is 34.9 Å². The Bertz CT molecular complexity index is 434. The van der Waals surface area contributed by atoms with Crippen LogP contribution in [0.25, 0.3) is 0 Å². The van der Waals surface area contributed by atoms with Crippen LogP contribution in [-0.4, -0.2) is 27.9 Å². The first-order valence-corrected chi connectivity index (χ1v) is 5.27. The number of rotatable bonds is 4. The van der Waals surface area contributed by atoms with E-state index in [9.17, 15) is 31.1 Å². The van der Waals surface area contributed by atoms with Crippen LogP contribution in [0.15, 0.2) is 12.4 Å². The zero-order valence-corrected chi connectivity index (χ0v) is 9.72. The highest BCUT2D eigenvalue weighted by atomic mass is 19.4. The van der Waals surface area contributed by atoms with E-state index in [-0.39, 0.29) is 0 Å². The van der Waals surface area contributed by atoms with Crippen molar-refractivity contribution in [3.63, 3.8) is 0 Å². The number of hydrogen-bond acceptors (Lipinski definition) is 2. The molecule has 0 aromatic carbocycles. The molecule has 0 radical (unpaired) electrons. The van der Waals surface area contributed by atoms with Gasteiger partial charge in [-0.05, 0) is 6.42 Å². The van der Waals surface area contributed by atoms with Gasteiger partial charge in [0, 0.05) is 12.7 Å². The summed E-state index contributed by atoms with van der Waals surface area (Å²) in [5.41, 5.74) is -0.701. The number of carbonyl (C=O) groups excluding carboxylic acids is 1. The van der Waals surface area contributed by atoms with Crippen LogP contribution in [0.3, 0.4) is 0 Å². The average molecular weight is 288 g/mol. The normalized spacial score (nSPS) is 13.1. The minimum absolute atomic E-state index is 0.302. The van der Waals surface area contributed by atoms with Gasteiger partial charge < -0.3 is 0 Å². The van der Waals surface area contributed by atoms with Crippen molar-refractivity contribution in [2.75, 3.05) is 0 Å². The molecule has 0 saturated carbocycles. The van der Waals surface area contributed by atoms with Crippen molar-refractivity contribution in [1.82, 2.24) is 9.78 Å². The summed E-state index contributed by atoms with van der Waals surface area (Å²) < 4.78 is 75.2. The average Bonchev–Trinajstić information content (AvgIpc) is 2.62. The molecule has 0 fully saturated rings. The lowest BCUT2D eigenvalue weighted by Gasteiger charge is -2.20. The fourth-order valence-corrected chi connectivity index (χ4v) is 1.49. The van der Waals surface area contributed by atoms with Crippen molar-refractivity contribution in [3.05, 3.63) is 18.0 Å². The number of aryl methyl sites for hydroxylation is 1. The standard InChI is InChI=1S/C10H10F6N2O/c1-2-3-18-5-6(4-17-18)7(19)8(9(11,12)13)10(14,15)16/h4-5,8H,2-3H2,1H3. The molecule has 1 aromatic rings. The third-order valence-corrected chi connectivity index (χ3v) is 2.29. The molecular weight excluding hydrogens is 278 g/mol. The number of ketones is 1. The van der Waals surface area contributed by atoms with Crippen molar-refractivity contribution in [1.29, 1.82) is 0 Å². The molecule has 0 amide bonds. The van der Waals surface area contributed by atoms with Crippen LogP contribution in [-0.2, 0) is 6.54 Å². The molecule has 3 nitrogen and oxygen atoms in total. The molecule has 19 heavy (non-hydrogen) atoms. The van der Waals surface area contributed by atoms with Gasteiger partial charge in [0.15, 0.2) is 5.78 Å². The molecule has 1 heterocycles. The van der Waals surface area contributed by atoms with E-state index in [1.165, 1.54) is 0 Å². The molecule has 0 N–H and O–H groups in total. The molecule has 0 bridgehead atoms. The molecule has 0 spiro atoms. The molecule has 1 aromatic heterocycles. The minimum Gasteiger partial charge on any atom is -0.293 e. The Morgan fingerprint density at radius 2 is 1.79 bits per heavy atom. The Labute approximate surface area is 104 Å². The van der Waals surface area contributed by atoms with Gasteiger partial charge in [-0.2, -0.15) is 31.4 Å². The first kappa shape index (κ1) is 15.5. The van der Waals surface area contributed by atoms with Crippen molar-refractivity contribution < 1.29 is 31.1 Å². The lowest BCUT2D eigenvalue weighted by molar-refractivity contribution is -0.264. The molecule has 1 rings (SSSR count). The summed E-state index contributed by atoms with van der Waals surface area (Å²) in [6.45, 7) is 2.05. The Balaban J connectivity index is 3.06. The number of carbonyl (C=O) groups is 1. The largest absolute Gasteiger partial charge is 0.407 e. The number of alkyl halides is 6. The predicted octanol–water partition coefficient (Wildman–Crippen LogP) is 3.22. The summed E-state index contributed by atoms with van der Waals surface area (Å²) in [6, 6.07) is 0. The van der Waals surface area contributed by atoms with Crippen molar-refractivity contribution in [3.8, 4) is 0 Å². The summed E-state index contributed by atoms with van der Waals surface area (Å²) >= 11 is 0. The zero-order chi connectivity index (χ0) is 14.8. The van der Waals surface area contributed by atoms with E-state index in [1.54, 1.807) is 6.92 Å². The van der Waals surface area contributed by atoms with Crippen LogP contribution in [0.5, 0.6) is 0 Å². The van der Waals surface area contributed by atoms with E-state index in [1.807, 2.05) is 0 Å². The number of aromatic nitrogens is 2. The molecule has 0 atom stereocenters. The number of nitrogens with zero attached hydrogens (tertiary/aromatic N) is 2. The molecule has 0 aliphatic carbocycles. The van der Waals surface area contributed by atoms with Crippen LogP contribution >= 0.6 is 0 Å². The van der Waals surface area contributed by atoms with Gasteiger partial charge in [-0.3, -0.25) is 9.48 Å². The summed E-state index contributed by atoms with van der Waals surface area (Å²) in [5, 5.41) is 3.53. The van der Waals surface area contributed by atoms with E-state index in [0.717, 1.165) is 10.9 Å². The van der Waals surface area contributed by atoms with E-state index >= 15 is 0 Å². The van der Waals surface area contributed by atoms with Crippen LogP contribution < -0.4 is 0 Å². The maximum Gasteiger partial charge on any atom is 0.407 e. The lowest BCUT2D eigenvalue weighted by Crippen LogP contribution is -2.42. The van der Waals surface area contributed by atoms with Crippen LogP contribution in [0.4, 0.5) is 26.3 Å². The Hall–Kier alpha value is -1.54. The Morgan fingerprint density at radius 1 is 1.26 bits per heavy atom. The minimum atomic E-state index is -5.68. The highest BCUT2D eigenvalue weighted by Gasteiger charge is 2.61.